The standard InChI is InChI=1S/C29H25N3O2/c1-20-10-11-25(21(2)14-20)16-29(33)32-31-18-27-26-9-4-3-8-24(26)12-13-28(27)34-19-23-7-5-6-22(15-23)17-30/h3-15,18H,16,19H2,1-2H3,(H,32,33)/b31-18-. The fraction of sp³-hybridized carbons (Fsp3) is 0.138. The average molecular weight is 448 g/mol. The van der Waals surface area contributed by atoms with Crippen molar-refractivity contribution in [3.8, 4) is 11.8 Å². The third-order valence-corrected chi connectivity index (χ3v) is 5.61. The van der Waals surface area contributed by atoms with Crippen molar-refractivity contribution in [2.45, 2.75) is 26.9 Å². The second-order valence-electron chi connectivity index (χ2n) is 8.20. The summed E-state index contributed by atoms with van der Waals surface area (Å²) >= 11 is 0. The van der Waals surface area contributed by atoms with Gasteiger partial charge < -0.3 is 4.74 Å². The molecule has 1 amide bonds. The Morgan fingerprint density at radius 2 is 1.88 bits per heavy atom. The number of hydrogen-bond donors (Lipinski definition) is 1. The number of nitrogens with zero attached hydrogens (tertiary/aromatic N) is 2. The molecule has 0 aromatic heterocycles. The summed E-state index contributed by atoms with van der Waals surface area (Å²) in [4.78, 5) is 12.5. The molecule has 0 saturated heterocycles. The van der Waals surface area contributed by atoms with Crippen LogP contribution in [-0.2, 0) is 17.8 Å². The highest BCUT2D eigenvalue weighted by Crippen LogP contribution is 2.27. The summed E-state index contributed by atoms with van der Waals surface area (Å²) < 4.78 is 6.10. The highest BCUT2D eigenvalue weighted by atomic mass is 16.5. The first-order valence-electron chi connectivity index (χ1n) is 11.0. The number of rotatable bonds is 7. The van der Waals surface area contributed by atoms with Gasteiger partial charge in [0.25, 0.3) is 0 Å². The SMILES string of the molecule is Cc1ccc(CC(=O)N/N=C\c2c(OCc3cccc(C#N)c3)ccc3ccccc23)c(C)c1. The van der Waals surface area contributed by atoms with Crippen LogP contribution in [0, 0.1) is 25.2 Å². The molecule has 0 aliphatic heterocycles. The molecular formula is C29H25N3O2. The van der Waals surface area contributed by atoms with Crippen LogP contribution in [0.3, 0.4) is 0 Å². The molecule has 4 aromatic carbocycles. The Morgan fingerprint density at radius 1 is 1.03 bits per heavy atom. The van der Waals surface area contributed by atoms with Gasteiger partial charge in [-0.25, -0.2) is 5.43 Å². The first-order chi connectivity index (χ1) is 16.5. The van der Waals surface area contributed by atoms with E-state index in [1.54, 1.807) is 12.3 Å². The van der Waals surface area contributed by atoms with Crippen molar-refractivity contribution in [2.24, 2.45) is 5.10 Å². The summed E-state index contributed by atoms with van der Waals surface area (Å²) in [6.45, 7) is 4.35. The molecule has 168 valence electrons. The molecule has 4 rings (SSSR count). The van der Waals surface area contributed by atoms with Crippen molar-refractivity contribution in [1.82, 2.24) is 5.43 Å². The van der Waals surface area contributed by atoms with Crippen molar-refractivity contribution in [2.75, 3.05) is 0 Å². The fourth-order valence-corrected chi connectivity index (χ4v) is 3.85. The van der Waals surface area contributed by atoms with E-state index in [0.717, 1.165) is 33.0 Å². The maximum absolute atomic E-state index is 12.5. The van der Waals surface area contributed by atoms with Gasteiger partial charge in [0.2, 0.25) is 5.91 Å². The molecule has 0 saturated carbocycles. The first kappa shape index (κ1) is 22.8. The van der Waals surface area contributed by atoms with Crippen molar-refractivity contribution in [1.29, 1.82) is 5.26 Å². The second kappa shape index (κ2) is 10.5. The topological polar surface area (TPSA) is 74.5 Å². The zero-order valence-corrected chi connectivity index (χ0v) is 19.2. The highest BCUT2D eigenvalue weighted by molar-refractivity contribution is 6.02. The number of nitriles is 1. The van der Waals surface area contributed by atoms with Crippen molar-refractivity contribution in [3.63, 3.8) is 0 Å². The normalized spacial score (nSPS) is 10.9. The number of fused-ring (bicyclic) bond motifs is 1. The molecule has 5 nitrogen and oxygen atoms in total. The Morgan fingerprint density at radius 3 is 2.71 bits per heavy atom. The van der Waals surface area contributed by atoms with Gasteiger partial charge >= 0.3 is 0 Å². The number of nitrogens with one attached hydrogen (secondary N) is 1. The van der Waals surface area contributed by atoms with E-state index in [2.05, 4.69) is 22.7 Å². The average Bonchev–Trinajstić information content (AvgIpc) is 2.85. The van der Waals surface area contributed by atoms with Gasteiger partial charge in [-0.05, 0) is 59.5 Å². The summed E-state index contributed by atoms with van der Waals surface area (Å²) in [5, 5.41) is 15.4. The maximum atomic E-state index is 12.5. The van der Waals surface area contributed by atoms with Crippen LogP contribution in [0.5, 0.6) is 5.75 Å². The van der Waals surface area contributed by atoms with E-state index >= 15 is 0 Å². The van der Waals surface area contributed by atoms with Gasteiger partial charge in [0.1, 0.15) is 12.4 Å². The maximum Gasteiger partial charge on any atom is 0.244 e. The molecular weight excluding hydrogens is 422 g/mol. The number of hydrazone groups is 1. The van der Waals surface area contributed by atoms with Crippen LogP contribution in [-0.4, -0.2) is 12.1 Å². The number of aryl methyl sites for hydroxylation is 2. The van der Waals surface area contributed by atoms with E-state index in [-0.39, 0.29) is 12.3 Å². The molecule has 4 aromatic rings. The lowest BCUT2D eigenvalue weighted by Gasteiger charge is -2.12. The zero-order valence-electron chi connectivity index (χ0n) is 19.2. The minimum absolute atomic E-state index is 0.181. The molecule has 5 heteroatoms. The third kappa shape index (κ3) is 5.48. The minimum Gasteiger partial charge on any atom is -0.488 e. The lowest BCUT2D eigenvalue weighted by atomic mass is 10.0. The molecule has 0 radical (unpaired) electrons. The Kier molecular flexibility index (Phi) is 7.00. The van der Waals surface area contributed by atoms with E-state index in [0.29, 0.717) is 17.9 Å². The third-order valence-electron chi connectivity index (χ3n) is 5.61. The van der Waals surface area contributed by atoms with Crippen LogP contribution >= 0.6 is 0 Å². The van der Waals surface area contributed by atoms with Gasteiger partial charge in [-0.3, -0.25) is 4.79 Å². The number of carbonyl (C=O) groups excluding carboxylic acids is 1. The molecule has 0 heterocycles. The molecule has 0 aliphatic carbocycles. The van der Waals surface area contributed by atoms with Gasteiger partial charge in [0.05, 0.1) is 24.3 Å². The van der Waals surface area contributed by atoms with Gasteiger partial charge in [0.15, 0.2) is 0 Å². The van der Waals surface area contributed by atoms with E-state index in [1.165, 1.54) is 5.56 Å². The molecule has 0 fully saturated rings. The highest BCUT2D eigenvalue weighted by Gasteiger charge is 2.09. The van der Waals surface area contributed by atoms with Crippen molar-refractivity contribution < 1.29 is 9.53 Å². The predicted molar refractivity (Wildman–Crippen MR) is 135 cm³/mol. The first-order valence-corrected chi connectivity index (χ1v) is 11.0. The van der Waals surface area contributed by atoms with Gasteiger partial charge in [0, 0.05) is 5.56 Å². The minimum atomic E-state index is -0.181. The molecule has 0 atom stereocenters. The summed E-state index contributed by atoms with van der Waals surface area (Å²) in [5.41, 5.74) is 8.15. The van der Waals surface area contributed by atoms with Crippen LogP contribution in [0.4, 0.5) is 0 Å². The Labute approximate surface area is 199 Å². The molecule has 0 unspecified atom stereocenters. The summed E-state index contributed by atoms with van der Waals surface area (Å²) in [7, 11) is 0. The van der Waals surface area contributed by atoms with E-state index < -0.39 is 0 Å². The monoisotopic (exact) mass is 447 g/mol. The van der Waals surface area contributed by atoms with Crippen LogP contribution in [0.25, 0.3) is 10.8 Å². The van der Waals surface area contributed by atoms with Crippen molar-refractivity contribution in [3.05, 3.63) is 112 Å². The van der Waals surface area contributed by atoms with Crippen molar-refractivity contribution >= 4 is 22.9 Å². The van der Waals surface area contributed by atoms with Gasteiger partial charge in [-0.1, -0.05) is 66.2 Å². The Balaban J connectivity index is 1.53. The number of hydrogen-bond acceptors (Lipinski definition) is 4. The van der Waals surface area contributed by atoms with Gasteiger partial charge in [-0.15, -0.1) is 0 Å². The fourth-order valence-electron chi connectivity index (χ4n) is 3.85. The lowest BCUT2D eigenvalue weighted by molar-refractivity contribution is -0.120. The largest absolute Gasteiger partial charge is 0.488 e. The lowest BCUT2D eigenvalue weighted by Crippen LogP contribution is -2.20. The van der Waals surface area contributed by atoms with Gasteiger partial charge in [-0.2, -0.15) is 10.4 Å². The molecule has 0 bridgehead atoms. The van der Waals surface area contributed by atoms with Crippen LogP contribution in [0.15, 0.2) is 84.0 Å². The Hall–Kier alpha value is -4.43. The number of carbonyl (C=O) groups is 1. The van der Waals surface area contributed by atoms with Crippen LogP contribution < -0.4 is 10.2 Å². The second-order valence-corrected chi connectivity index (χ2v) is 8.20. The Bertz CT molecular complexity index is 1420. The van der Waals surface area contributed by atoms with Crippen LogP contribution in [0.2, 0.25) is 0 Å². The molecule has 0 aliphatic rings. The summed E-state index contributed by atoms with van der Waals surface area (Å²) in [5.74, 6) is 0.465. The quantitative estimate of drug-likeness (QED) is 0.296. The molecule has 1 N–H and O–H groups in total. The zero-order chi connectivity index (χ0) is 23.9. The molecule has 0 spiro atoms. The van der Waals surface area contributed by atoms with Crippen LogP contribution in [0.1, 0.15) is 33.4 Å². The van der Waals surface area contributed by atoms with E-state index in [9.17, 15) is 4.79 Å². The number of ether oxygens (including phenoxy) is 1. The number of amides is 1. The molecule has 34 heavy (non-hydrogen) atoms. The number of benzene rings is 4. The van der Waals surface area contributed by atoms with E-state index in [1.807, 2.05) is 80.6 Å². The summed E-state index contributed by atoms with van der Waals surface area (Å²) in [6, 6.07) is 27.4. The summed E-state index contributed by atoms with van der Waals surface area (Å²) in [6.07, 6.45) is 1.89. The smallest absolute Gasteiger partial charge is 0.244 e. The predicted octanol–water partition coefficient (Wildman–Crippen LogP) is 5.60. The van der Waals surface area contributed by atoms with E-state index in [4.69, 9.17) is 10.00 Å².